The molecule has 0 bridgehead atoms. The Kier molecular flexibility index (Phi) is 6.26. The van der Waals surface area contributed by atoms with Crippen molar-refractivity contribution in [2.45, 2.75) is 32.9 Å². The molecule has 4 rings (SSSR count). The van der Waals surface area contributed by atoms with Gasteiger partial charge in [0, 0.05) is 25.2 Å². The van der Waals surface area contributed by atoms with E-state index in [0.29, 0.717) is 28.8 Å². The van der Waals surface area contributed by atoms with E-state index >= 15 is 0 Å². The molecule has 0 spiro atoms. The number of hydrogen-bond donors (Lipinski definition) is 0. The Bertz CT molecular complexity index is 1360. The van der Waals surface area contributed by atoms with E-state index in [-0.39, 0.29) is 23.2 Å². The SMILES string of the molecule is CCCn1nc(C(=O)N(c2cnn(C)c2)[C@@H](C)c2cccc(OC)c2)c2ccccc2c1=O. The minimum Gasteiger partial charge on any atom is -0.497 e. The molecule has 8 heteroatoms. The van der Waals surface area contributed by atoms with E-state index in [9.17, 15) is 9.59 Å². The van der Waals surface area contributed by atoms with Crippen molar-refractivity contribution in [1.82, 2.24) is 19.6 Å². The van der Waals surface area contributed by atoms with Gasteiger partial charge in [0.25, 0.3) is 11.5 Å². The molecule has 0 aliphatic heterocycles. The Balaban J connectivity index is 1.90. The summed E-state index contributed by atoms with van der Waals surface area (Å²) >= 11 is 0. The zero-order valence-electron chi connectivity index (χ0n) is 19.2. The van der Waals surface area contributed by atoms with Crippen LogP contribution in [0.25, 0.3) is 10.8 Å². The number of benzene rings is 2. The highest BCUT2D eigenvalue weighted by Crippen LogP contribution is 2.31. The second-order valence-corrected chi connectivity index (χ2v) is 7.92. The summed E-state index contributed by atoms with van der Waals surface area (Å²) in [4.78, 5) is 28.7. The smallest absolute Gasteiger partial charge is 0.280 e. The molecular formula is C25H27N5O3. The van der Waals surface area contributed by atoms with E-state index in [0.717, 1.165) is 12.0 Å². The number of ether oxygens (including phenoxy) is 1. The van der Waals surface area contributed by atoms with E-state index in [2.05, 4.69) is 10.2 Å². The summed E-state index contributed by atoms with van der Waals surface area (Å²) in [7, 11) is 3.41. The maximum Gasteiger partial charge on any atom is 0.280 e. The van der Waals surface area contributed by atoms with Gasteiger partial charge >= 0.3 is 0 Å². The van der Waals surface area contributed by atoms with Gasteiger partial charge in [-0.2, -0.15) is 10.2 Å². The monoisotopic (exact) mass is 445 g/mol. The molecule has 0 saturated carbocycles. The molecule has 8 nitrogen and oxygen atoms in total. The number of anilines is 1. The zero-order valence-corrected chi connectivity index (χ0v) is 19.2. The van der Waals surface area contributed by atoms with Crippen molar-refractivity contribution in [3.05, 3.63) is 82.5 Å². The predicted octanol–water partition coefficient (Wildman–Crippen LogP) is 3.96. The fourth-order valence-corrected chi connectivity index (χ4v) is 3.97. The zero-order chi connectivity index (χ0) is 23.5. The first-order valence-corrected chi connectivity index (χ1v) is 10.9. The molecule has 2 aromatic heterocycles. The normalized spacial score (nSPS) is 12.0. The third kappa shape index (κ3) is 4.24. The van der Waals surface area contributed by atoms with E-state index in [1.165, 1.54) is 4.68 Å². The fraction of sp³-hybridized carbons (Fsp3) is 0.280. The fourth-order valence-electron chi connectivity index (χ4n) is 3.97. The average molecular weight is 446 g/mol. The Labute approximate surface area is 192 Å². The second kappa shape index (κ2) is 9.28. The topological polar surface area (TPSA) is 82.2 Å². The lowest BCUT2D eigenvalue weighted by Gasteiger charge is -2.29. The Hall–Kier alpha value is -3.94. The Morgan fingerprint density at radius 3 is 2.58 bits per heavy atom. The maximum absolute atomic E-state index is 14.1. The molecule has 1 atom stereocenters. The van der Waals surface area contributed by atoms with Crippen LogP contribution in [-0.2, 0) is 13.6 Å². The van der Waals surface area contributed by atoms with Gasteiger partial charge in [-0.25, -0.2) is 4.68 Å². The summed E-state index contributed by atoms with van der Waals surface area (Å²) < 4.78 is 8.42. The van der Waals surface area contributed by atoms with E-state index in [1.54, 1.807) is 54.3 Å². The van der Waals surface area contributed by atoms with Crippen LogP contribution in [0.1, 0.15) is 42.4 Å². The highest BCUT2D eigenvalue weighted by Gasteiger charge is 2.29. The highest BCUT2D eigenvalue weighted by atomic mass is 16.5. The third-order valence-electron chi connectivity index (χ3n) is 5.66. The number of fused-ring (bicyclic) bond motifs is 1. The van der Waals surface area contributed by atoms with Crippen molar-refractivity contribution < 1.29 is 9.53 Å². The summed E-state index contributed by atoms with van der Waals surface area (Å²) in [5, 5.41) is 9.79. The maximum atomic E-state index is 14.1. The van der Waals surface area contributed by atoms with Gasteiger partial charge in [0.15, 0.2) is 5.69 Å². The van der Waals surface area contributed by atoms with Gasteiger partial charge in [-0.1, -0.05) is 37.3 Å². The van der Waals surface area contributed by atoms with Gasteiger partial charge in [-0.05, 0) is 37.1 Å². The number of aromatic nitrogens is 4. The third-order valence-corrected chi connectivity index (χ3v) is 5.66. The van der Waals surface area contributed by atoms with Crippen LogP contribution in [-0.4, -0.2) is 32.6 Å². The van der Waals surface area contributed by atoms with Crippen molar-refractivity contribution in [2.24, 2.45) is 7.05 Å². The molecular weight excluding hydrogens is 418 g/mol. The number of amides is 1. The lowest BCUT2D eigenvalue weighted by Crippen LogP contribution is -2.36. The number of aryl methyl sites for hydroxylation is 2. The first-order chi connectivity index (χ1) is 15.9. The number of carbonyl (C=O) groups is 1. The van der Waals surface area contributed by atoms with E-state index < -0.39 is 0 Å². The molecule has 1 amide bonds. The molecule has 0 aliphatic carbocycles. The van der Waals surface area contributed by atoms with Crippen molar-refractivity contribution in [3.63, 3.8) is 0 Å². The summed E-state index contributed by atoms with van der Waals surface area (Å²) in [5.41, 5.74) is 1.57. The Morgan fingerprint density at radius 2 is 1.91 bits per heavy atom. The van der Waals surface area contributed by atoms with Gasteiger partial charge in [-0.3, -0.25) is 19.2 Å². The molecule has 0 aliphatic rings. The molecule has 2 heterocycles. The first kappa shape index (κ1) is 22.3. The molecule has 2 aromatic carbocycles. The Morgan fingerprint density at radius 1 is 1.15 bits per heavy atom. The van der Waals surface area contributed by atoms with Crippen molar-refractivity contribution >= 4 is 22.4 Å². The van der Waals surface area contributed by atoms with Gasteiger partial charge in [0.1, 0.15) is 5.75 Å². The van der Waals surface area contributed by atoms with Gasteiger partial charge < -0.3 is 4.74 Å². The van der Waals surface area contributed by atoms with Crippen LogP contribution in [0.3, 0.4) is 0 Å². The average Bonchev–Trinajstić information content (AvgIpc) is 3.26. The number of carbonyl (C=O) groups excluding carboxylic acids is 1. The largest absolute Gasteiger partial charge is 0.497 e. The van der Waals surface area contributed by atoms with Crippen LogP contribution in [0.4, 0.5) is 5.69 Å². The van der Waals surface area contributed by atoms with Crippen molar-refractivity contribution in [3.8, 4) is 5.75 Å². The molecule has 0 N–H and O–H groups in total. The van der Waals surface area contributed by atoms with Crippen LogP contribution >= 0.6 is 0 Å². The summed E-state index contributed by atoms with van der Waals surface area (Å²) in [5.74, 6) is 0.400. The number of rotatable bonds is 7. The van der Waals surface area contributed by atoms with Gasteiger partial charge in [0.05, 0.1) is 30.4 Å². The first-order valence-electron chi connectivity index (χ1n) is 10.9. The minimum absolute atomic E-state index is 0.197. The van der Waals surface area contributed by atoms with Crippen LogP contribution in [0, 0.1) is 0 Å². The van der Waals surface area contributed by atoms with Gasteiger partial charge in [-0.15, -0.1) is 0 Å². The molecule has 33 heavy (non-hydrogen) atoms. The van der Waals surface area contributed by atoms with Crippen LogP contribution in [0.2, 0.25) is 0 Å². The van der Waals surface area contributed by atoms with E-state index in [1.807, 2.05) is 44.2 Å². The molecule has 0 radical (unpaired) electrons. The quantitative estimate of drug-likeness (QED) is 0.430. The van der Waals surface area contributed by atoms with Crippen LogP contribution in [0.15, 0.2) is 65.7 Å². The molecule has 4 aromatic rings. The summed E-state index contributed by atoms with van der Waals surface area (Å²) in [6.45, 7) is 4.35. The highest BCUT2D eigenvalue weighted by molar-refractivity contribution is 6.12. The standard InChI is InChI=1S/C25H27N5O3/c1-5-13-29-24(31)22-12-7-6-11-21(22)23(27-29)25(32)30(19-15-26-28(3)16-19)17(2)18-9-8-10-20(14-18)33-4/h6-12,14-17H,5,13H2,1-4H3/t17-/m0/s1. The number of nitrogens with zero attached hydrogens (tertiary/aromatic N) is 5. The predicted molar refractivity (Wildman–Crippen MR) is 128 cm³/mol. The molecule has 0 unspecified atom stereocenters. The van der Waals surface area contributed by atoms with Crippen molar-refractivity contribution in [1.29, 1.82) is 0 Å². The van der Waals surface area contributed by atoms with E-state index in [4.69, 9.17) is 4.74 Å². The van der Waals surface area contributed by atoms with Crippen LogP contribution < -0.4 is 15.2 Å². The summed E-state index contributed by atoms with van der Waals surface area (Å²) in [6, 6.07) is 14.4. The minimum atomic E-state index is -0.344. The molecule has 170 valence electrons. The lowest BCUT2D eigenvalue weighted by molar-refractivity contribution is 0.0972. The lowest BCUT2D eigenvalue weighted by atomic mass is 10.0. The number of hydrogen-bond acceptors (Lipinski definition) is 5. The molecule has 0 saturated heterocycles. The van der Waals surface area contributed by atoms with Crippen LogP contribution in [0.5, 0.6) is 5.75 Å². The number of methoxy groups -OCH3 is 1. The van der Waals surface area contributed by atoms with Crippen molar-refractivity contribution in [2.75, 3.05) is 12.0 Å². The molecule has 0 fully saturated rings. The van der Waals surface area contributed by atoms with Gasteiger partial charge in [0.2, 0.25) is 0 Å². The summed E-state index contributed by atoms with van der Waals surface area (Å²) in [6.07, 6.45) is 4.17. The second-order valence-electron chi connectivity index (χ2n) is 7.92.